The molecule has 2 aromatic carbocycles. The number of hydrogen-bond donors (Lipinski definition) is 3. The number of hydrogen-bond acceptors (Lipinski definition) is 5. The molecule has 3 aromatic rings. The summed E-state index contributed by atoms with van der Waals surface area (Å²) < 4.78 is 13.5. The first-order valence-electron chi connectivity index (χ1n) is 10.2. The first kappa shape index (κ1) is 26.0. The molecule has 0 saturated carbocycles. The van der Waals surface area contributed by atoms with Gasteiger partial charge in [-0.2, -0.15) is 4.98 Å². The maximum atomic E-state index is 13.5. The Balaban J connectivity index is 1.91. The predicted octanol–water partition coefficient (Wildman–Crippen LogP) is 6.20. The zero-order valence-corrected chi connectivity index (χ0v) is 20.9. The topological polar surface area (TPSA) is 90.4 Å². The highest BCUT2D eigenvalue weighted by Gasteiger charge is 2.24. The number of carbonyl (C=O) groups is 1. The van der Waals surface area contributed by atoms with Crippen LogP contribution in [0.25, 0.3) is 0 Å². The number of nitrogens with zero attached hydrogens (tertiary/aromatic N) is 3. The van der Waals surface area contributed by atoms with Gasteiger partial charge in [0.05, 0.1) is 27.4 Å². The fraction of sp³-hybridized carbons (Fsp3) is 0.261. The van der Waals surface area contributed by atoms with E-state index in [1.165, 1.54) is 47.5 Å². The highest BCUT2D eigenvalue weighted by atomic mass is 35.5. The minimum atomic E-state index is -1.04. The number of amides is 2. The van der Waals surface area contributed by atoms with Crippen molar-refractivity contribution in [2.24, 2.45) is 0 Å². The maximum Gasteiger partial charge on any atom is 0.327 e. The van der Waals surface area contributed by atoms with Crippen LogP contribution in [0.5, 0.6) is 0 Å². The minimum Gasteiger partial charge on any atom is -0.388 e. The smallest absolute Gasteiger partial charge is 0.327 e. The number of rotatable bonds is 7. The van der Waals surface area contributed by atoms with Gasteiger partial charge in [0.2, 0.25) is 5.95 Å². The summed E-state index contributed by atoms with van der Waals surface area (Å²) in [6, 6.07) is 9.07. The van der Waals surface area contributed by atoms with Gasteiger partial charge in [-0.1, -0.05) is 34.8 Å². The van der Waals surface area contributed by atoms with Crippen LogP contribution in [0.4, 0.5) is 26.6 Å². The van der Waals surface area contributed by atoms with Crippen molar-refractivity contribution in [2.45, 2.75) is 39.0 Å². The summed E-state index contributed by atoms with van der Waals surface area (Å²) in [7, 11) is 0. The lowest BCUT2D eigenvalue weighted by Gasteiger charge is -2.27. The van der Waals surface area contributed by atoms with Crippen LogP contribution in [-0.2, 0) is 6.54 Å². The molecule has 3 N–H and O–H groups in total. The lowest BCUT2D eigenvalue weighted by molar-refractivity contribution is 0.0646. The van der Waals surface area contributed by atoms with Crippen molar-refractivity contribution in [3.8, 4) is 0 Å². The molecule has 3 rings (SSSR count). The third kappa shape index (κ3) is 6.48. The molecule has 0 saturated heterocycles. The zero-order valence-electron chi connectivity index (χ0n) is 18.6. The van der Waals surface area contributed by atoms with Gasteiger partial charge in [-0.3, -0.25) is 0 Å². The number of anilines is 3. The summed E-state index contributed by atoms with van der Waals surface area (Å²) in [5, 5.41) is 16.9. The Morgan fingerprint density at radius 2 is 1.85 bits per heavy atom. The quantitative estimate of drug-likeness (QED) is 0.319. The molecule has 0 radical (unpaired) electrons. The Labute approximate surface area is 211 Å². The molecule has 0 bridgehead atoms. The highest BCUT2D eigenvalue weighted by molar-refractivity contribution is 6.43. The normalized spacial score (nSPS) is 12.2. The van der Waals surface area contributed by atoms with Gasteiger partial charge in [-0.25, -0.2) is 19.1 Å². The second-order valence-corrected chi connectivity index (χ2v) is 9.31. The largest absolute Gasteiger partial charge is 0.388 e. The Bertz CT molecular complexity index is 1170. The molecule has 1 atom stereocenters. The Morgan fingerprint density at radius 3 is 2.50 bits per heavy atom. The second kappa shape index (κ2) is 10.7. The Kier molecular flexibility index (Phi) is 8.20. The number of aliphatic hydroxyl groups is 1. The van der Waals surface area contributed by atoms with E-state index in [1.54, 1.807) is 26.8 Å². The van der Waals surface area contributed by atoms with E-state index in [-0.39, 0.29) is 34.4 Å². The summed E-state index contributed by atoms with van der Waals surface area (Å²) in [6.07, 6.45) is 1.47. The van der Waals surface area contributed by atoms with E-state index in [0.717, 1.165) is 0 Å². The van der Waals surface area contributed by atoms with Crippen LogP contribution < -0.4 is 15.5 Å². The van der Waals surface area contributed by atoms with E-state index in [4.69, 9.17) is 34.8 Å². The van der Waals surface area contributed by atoms with Gasteiger partial charge in [-0.15, -0.1) is 0 Å². The van der Waals surface area contributed by atoms with Crippen LogP contribution in [0.1, 0.15) is 26.3 Å². The summed E-state index contributed by atoms with van der Waals surface area (Å²) >= 11 is 18.4. The third-order valence-electron chi connectivity index (χ3n) is 5.06. The van der Waals surface area contributed by atoms with Gasteiger partial charge in [0.15, 0.2) is 0 Å². The van der Waals surface area contributed by atoms with E-state index in [0.29, 0.717) is 16.3 Å². The highest BCUT2D eigenvalue weighted by Crippen LogP contribution is 2.30. The first-order valence-corrected chi connectivity index (χ1v) is 11.4. The van der Waals surface area contributed by atoms with E-state index < -0.39 is 17.4 Å². The maximum absolute atomic E-state index is 13.5. The van der Waals surface area contributed by atoms with Crippen molar-refractivity contribution in [3.63, 3.8) is 0 Å². The van der Waals surface area contributed by atoms with Crippen molar-refractivity contribution in [1.29, 1.82) is 0 Å². The average molecular weight is 527 g/mol. The van der Waals surface area contributed by atoms with E-state index in [1.807, 2.05) is 0 Å². The summed E-state index contributed by atoms with van der Waals surface area (Å²) in [5.41, 5.74) is -0.143. The molecule has 11 heteroatoms. The molecular weight excluding hydrogens is 504 g/mol. The zero-order chi connectivity index (χ0) is 25.0. The fourth-order valence-electron chi connectivity index (χ4n) is 2.85. The summed E-state index contributed by atoms with van der Waals surface area (Å²) in [5.74, 6) is -0.0232. The number of benzene rings is 2. The van der Waals surface area contributed by atoms with Crippen molar-refractivity contribution in [3.05, 3.63) is 75.1 Å². The van der Waals surface area contributed by atoms with E-state index >= 15 is 0 Å². The van der Waals surface area contributed by atoms with Crippen molar-refractivity contribution < 1.29 is 14.3 Å². The third-order valence-corrected chi connectivity index (χ3v) is 6.12. The standard InChI is InChI=1S/C23H23Cl3FN5O2/c1-13(23(2,3)34)30-21-28-9-8-19(31-21)32(17-6-4-16(27)5-7-17)22(33)29-12-14-10-15(24)11-18(25)20(14)26/h4-11,13,34H,12H2,1-3H3,(H,29,33)(H,28,30,31)/t13-/m0/s1. The van der Waals surface area contributed by atoms with Crippen LogP contribution in [-0.4, -0.2) is 32.7 Å². The number of carbonyl (C=O) groups excluding carboxylic acids is 1. The molecule has 34 heavy (non-hydrogen) atoms. The molecule has 1 heterocycles. The molecule has 0 aliphatic carbocycles. The van der Waals surface area contributed by atoms with Crippen LogP contribution >= 0.6 is 34.8 Å². The first-order chi connectivity index (χ1) is 16.0. The molecule has 1 aromatic heterocycles. The fourth-order valence-corrected chi connectivity index (χ4v) is 3.56. The van der Waals surface area contributed by atoms with E-state index in [2.05, 4.69) is 20.6 Å². The van der Waals surface area contributed by atoms with Crippen LogP contribution in [0.2, 0.25) is 15.1 Å². The average Bonchev–Trinajstić information content (AvgIpc) is 2.76. The number of aromatic nitrogens is 2. The minimum absolute atomic E-state index is 0.0293. The van der Waals surface area contributed by atoms with Gasteiger partial charge in [0.1, 0.15) is 11.6 Å². The van der Waals surface area contributed by atoms with Gasteiger partial charge >= 0.3 is 6.03 Å². The van der Waals surface area contributed by atoms with Crippen molar-refractivity contribution in [1.82, 2.24) is 15.3 Å². The molecule has 0 fully saturated rings. The van der Waals surface area contributed by atoms with E-state index in [9.17, 15) is 14.3 Å². The molecule has 7 nitrogen and oxygen atoms in total. The summed E-state index contributed by atoms with van der Waals surface area (Å²) in [6.45, 7) is 5.11. The predicted molar refractivity (Wildman–Crippen MR) is 134 cm³/mol. The molecule has 0 aliphatic rings. The monoisotopic (exact) mass is 525 g/mol. The molecule has 180 valence electrons. The molecule has 0 spiro atoms. The lowest BCUT2D eigenvalue weighted by Crippen LogP contribution is -2.40. The van der Waals surface area contributed by atoms with Gasteiger partial charge < -0.3 is 15.7 Å². The number of halogens is 4. The van der Waals surface area contributed by atoms with Crippen LogP contribution in [0, 0.1) is 5.82 Å². The Hall–Kier alpha value is -2.65. The molecular formula is C23H23Cl3FN5O2. The number of nitrogens with one attached hydrogen (secondary N) is 2. The van der Waals surface area contributed by atoms with Crippen LogP contribution in [0.3, 0.4) is 0 Å². The molecule has 2 amide bonds. The second-order valence-electron chi connectivity index (χ2n) is 8.09. The van der Waals surface area contributed by atoms with Gasteiger partial charge in [0, 0.05) is 23.8 Å². The summed E-state index contributed by atoms with van der Waals surface area (Å²) in [4.78, 5) is 23.1. The van der Waals surface area contributed by atoms with Gasteiger partial charge in [0.25, 0.3) is 0 Å². The van der Waals surface area contributed by atoms with Crippen LogP contribution in [0.15, 0.2) is 48.7 Å². The number of urea groups is 1. The molecule has 0 aliphatic heterocycles. The lowest BCUT2D eigenvalue weighted by atomic mass is 10.0. The Morgan fingerprint density at radius 1 is 1.18 bits per heavy atom. The molecule has 0 unspecified atom stereocenters. The SMILES string of the molecule is C[C@H](Nc1nccc(N(C(=O)NCc2cc(Cl)cc(Cl)c2Cl)c2ccc(F)cc2)n1)C(C)(C)O. The van der Waals surface area contributed by atoms with Crippen molar-refractivity contribution in [2.75, 3.05) is 10.2 Å². The van der Waals surface area contributed by atoms with Gasteiger partial charge in [-0.05, 0) is 62.7 Å². The van der Waals surface area contributed by atoms with Crippen molar-refractivity contribution >= 4 is 58.3 Å².